The van der Waals surface area contributed by atoms with Crippen molar-refractivity contribution in [2.75, 3.05) is 13.6 Å². The molecule has 0 fully saturated rings. The largest absolute Gasteiger partial charge is 0.366 e. The van der Waals surface area contributed by atoms with E-state index >= 15 is 0 Å². The molecular weight excluding hydrogens is 252 g/mol. The van der Waals surface area contributed by atoms with Crippen molar-refractivity contribution >= 4 is 33.3 Å². The number of rotatable bonds is 3. The summed E-state index contributed by atoms with van der Waals surface area (Å²) in [4.78, 5) is 0. The number of nitrogens with one attached hydrogen (secondary N) is 2. The van der Waals surface area contributed by atoms with Gasteiger partial charge in [0, 0.05) is 19.8 Å². The fourth-order valence-electron chi connectivity index (χ4n) is 0.833. The van der Waals surface area contributed by atoms with Crippen LogP contribution in [0, 0.1) is 0 Å². The van der Waals surface area contributed by atoms with Gasteiger partial charge in [-0.3, -0.25) is 4.68 Å². The third kappa shape index (κ3) is 3.73. The lowest BCUT2D eigenvalue weighted by atomic mass is 10.6. The van der Waals surface area contributed by atoms with E-state index in [0.717, 1.165) is 17.6 Å². The van der Waals surface area contributed by atoms with E-state index in [1.54, 1.807) is 13.2 Å². The SMILES string of the molecule is CNC(=S)NCCn1cc(Br)cn1. The van der Waals surface area contributed by atoms with Gasteiger partial charge in [-0.15, -0.1) is 0 Å². The van der Waals surface area contributed by atoms with Gasteiger partial charge in [0.1, 0.15) is 0 Å². The van der Waals surface area contributed by atoms with E-state index in [-0.39, 0.29) is 0 Å². The van der Waals surface area contributed by atoms with Crippen molar-refractivity contribution in [3.63, 3.8) is 0 Å². The fraction of sp³-hybridized carbons (Fsp3) is 0.429. The number of halogens is 1. The lowest BCUT2D eigenvalue weighted by Gasteiger charge is -2.06. The van der Waals surface area contributed by atoms with Crippen molar-refractivity contribution in [1.82, 2.24) is 20.4 Å². The quantitative estimate of drug-likeness (QED) is 0.789. The van der Waals surface area contributed by atoms with E-state index in [0.29, 0.717) is 5.11 Å². The lowest BCUT2D eigenvalue weighted by molar-refractivity contribution is 0.602. The Morgan fingerprint density at radius 3 is 3.08 bits per heavy atom. The lowest BCUT2D eigenvalue weighted by Crippen LogP contribution is -2.34. The molecule has 1 heterocycles. The van der Waals surface area contributed by atoms with Crippen molar-refractivity contribution < 1.29 is 0 Å². The highest BCUT2D eigenvalue weighted by atomic mass is 79.9. The maximum atomic E-state index is 4.91. The Morgan fingerprint density at radius 2 is 2.54 bits per heavy atom. The van der Waals surface area contributed by atoms with Gasteiger partial charge in [0.05, 0.1) is 17.2 Å². The summed E-state index contributed by atoms with van der Waals surface area (Å²) in [7, 11) is 1.79. The minimum absolute atomic E-state index is 0.659. The summed E-state index contributed by atoms with van der Waals surface area (Å²) in [5, 5.41) is 10.6. The normalized spacial score (nSPS) is 9.69. The predicted molar refractivity (Wildman–Crippen MR) is 59.6 cm³/mol. The minimum atomic E-state index is 0.659. The maximum Gasteiger partial charge on any atom is 0.166 e. The molecule has 0 aliphatic rings. The van der Waals surface area contributed by atoms with Gasteiger partial charge in [-0.1, -0.05) is 0 Å². The Balaban J connectivity index is 2.24. The number of hydrogen-bond acceptors (Lipinski definition) is 2. The molecule has 1 rings (SSSR count). The van der Waals surface area contributed by atoms with Gasteiger partial charge in [0.25, 0.3) is 0 Å². The van der Waals surface area contributed by atoms with Gasteiger partial charge in [0.2, 0.25) is 0 Å². The van der Waals surface area contributed by atoms with Crippen LogP contribution < -0.4 is 10.6 Å². The zero-order valence-corrected chi connectivity index (χ0v) is 9.65. The van der Waals surface area contributed by atoms with E-state index in [4.69, 9.17) is 12.2 Å². The molecule has 1 aromatic rings. The van der Waals surface area contributed by atoms with Crippen LogP contribution in [0.25, 0.3) is 0 Å². The summed E-state index contributed by atoms with van der Waals surface area (Å²) in [5.41, 5.74) is 0. The Hall–Kier alpha value is -0.620. The van der Waals surface area contributed by atoms with Gasteiger partial charge in [0.15, 0.2) is 5.11 Å². The van der Waals surface area contributed by atoms with Gasteiger partial charge in [-0.25, -0.2) is 0 Å². The van der Waals surface area contributed by atoms with Gasteiger partial charge < -0.3 is 10.6 Å². The highest BCUT2D eigenvalue weighted by Crippen LogP contribution is 2.05. The van der Waals surface area contributed by atoms with Crippen LogP contribution in [0.3, 0.4) is 0 Å². The molecular formula is C7H11BrN4S. The first-order valence-corrected chi connectivity index (χ1v) is 5.06. The van der Waals surface area contributed by atoms with Crippen LogP contribution in [0.2, 0.25) is 0 Å². The molecule has 0 bridgehead atoms. The molecule has 2 N–H and O–H groups in total. The summed E-state index contributed by atoms with van der Waals surface area (Å²) in [6.45, 7) is 1.57. The average molecular weight is 263 g/mol. The molecule has 0 unspecified atom stereocenters. The van der Waals surface area contributed by atoms with E-state index in [1.165, 1.54) is 0 Å². The van der Waals surface area contributed by atoms with Crippen LogP contribution in [0.4, 0.5) is 0 Å². The van der Waals surface area contributed by atoms with E-state index < -0.39 is 0 Å². The summed E-state index contributed by atoms with van der Waals surface area (Å²) in [5.74, 6) is 0. The smallest absolute Gasteiger partial charge is 0.166 e. The molecule has 0 radical (unpaired) electrons. The van der Waals surface area contributed by atoms with Crippen LogP contribution >= 0.6 is 28.1 Å². The Labute approximate surface area is 90.8 Å². The van der Waals surface area contributed by atoms with E-state index in [2.05, 4.69) is 31.7 Å². The second kappa shape index (κ2) is 5.18. The van der Waals surface area contributed by atoms with Crippen LogP contribution in [-0.2, 0) is 6.54 Å². The average Bonchev–Trinajstić information content (AvgIpc) is 2.51. The molecule has 0 aromatic carbocycles. The van der Waals surface area contributed by atoms with E-state index in [9.17, 15) is 0 Å². The monoisotopic (exact) mass is 262 g/mol. The van der Waals surface area contributed by atoms with Crippen molar-refractivity contribution in [1.29, 1.82) is 0 Å². The molecule has 0 saturated heterocycles. The van der Waals surface area contributed by atoms with Gasteiger partial charge >= 0.3 is 0 Å². The molecule has 0 saturated carbocycles. The van der Waals surface area contributed by atoms with Crippen LogP contribution in [-0.4, -0.2) is 28.5 Å². The van der Waals surface area contributed by atoms with Crippen LogP contribution in [0.15, 0.2) is 16.9 Å². The first-order chi connectivity index (χ1) is 6.22. The third-order valence-corrected chi connectivity index (χ3v) is 2.21. The number of aromatic nitrogens is 2. The molecule has 72 valence electrons. The molecule has 6 heteroatoms. The summed E-state index contributed by atoms with van der Waals surface area (Å²) in [6, 6.07) is 0. The summed E-state index contributed by atoms with van der Waals surface area (Å²) >= 11 is 8.24. The molecule has 0 amide bonds. The molecule has 0 atom stereocenters. The standard InChI is InChI=1S/C7H11BrN4S/c1-9-7(13)10-2-3-12-5-6(8)4-11-12/h4-5H,2-3H2,1H3,(H2,9,10,13). The molecule has 1 aromatic heterocycles. The topological polar surface area (TPSA) is 41.9 Å². The zero-order chi connectivity index (χ0) is 9.68. The van der Waals surface area contributed by atoms with Crippen LogP contribution in [0.1, 0.15) is 0 Å². The third-order valence-electron chi connectivity index (χ3n) is 1.46. The second-order valence-corrected chi connectivity index (χ2v) is 3.75. The van der Waals surface area contributed by atoms with Gasteiger partial charge in [-0.2, -0.15) is 5.10 Å². The van der Waals surface area contributed by atoms with Crippen molar-refractivity contribution in [3.8, 4) is 0 Å². The Bertz CT molecular complexity index is 286. The van der Waals surface area contributed by atoms with Crippen molar-refractivity contribution in [3.05, 3.63) is 16.9 Å². The predicted octanol–water partition coefficient (Wildman–Crippen LogP) is 0.739. The highest BCUT2D eigenvalue weighted by molar-refractivity contribution is 9.10. The number of thiocarbonyl (C=S) groups is 1. The number of hydrogen-bond donors (Lipinski definition) is 2. The second-order valence-electron chi connectivity index (χ2n) is 2.43. The Morgan fingerprint density at radius 1 is 1.77 bits per heavy atom. The van der Waals surface area contributed by atoms with Crippen molar-refractivity contribution in [2.45, 2.75) is 6.54 Å². The maximum absolute atomic E-state index is 4.91. The minimum Gasteiger partial charge on any atom is -0.366 e. The summed E-state index contributed by atoms with van der Waals surface area (Å²) < 4.78 is 2.83. The Kier molecular flexibility index (Phi) is 4.17. The number of nitrogens with zero attached hydrogens (tertiary/aromatic N) is 2. The first kappa shape index (κ1) is 10.5. The first-order valence-electron chi connectivity index (χ1n) is 3.86. The van der Waals surface area contributed by atoms with Crippen LogP contribution in [0.5, 0.6) is 0 Å². The van der Waals surface area contributed by atoms with E-state index in [1.807, 2.05) is 10.9 Å². The molecule has 0 aliphatic carbocycles. The molecule has 4 nitrogen and oxygen atoms in total. The molecule has 0 spiro atoms. The molecule has 0 aliphatic heterocycles. The van der Waals surface area contributed by atoms with Gasteiger partial charge in [-0.05, 0) is 28.1 Å². The summed E-state index contributed by atoms with van der Waals surface area (Å²) in [6.07, 6.45) is 3.68. The molecule has 13 heavy (non-hydrogen) atoms. The van der Waals surface area contributed by atoms with Crippen molar-refractivity contribution in [2.24, 2.45) is 0 Å². The zero-order valence-electron chi connectivity index (χ0n) is 7.25. The fourth-order valence-corrected chi connectivity index (χ4v) is 1.26. The highest BCUT2D eigenvalue weighted by Gasteiger charge is 1.94.